The molecule has 1 aromatic heterocycles. The molecule has 0 saturated heterocycles. The molecule has 4 N–H and O–H groups in total. The first kappa shape index (κ1) is 13.7. The first-order valence-electron chi connectivity index (χ1n) is 5.16. The number of aliphatic hydroxyl groups excluding tert-OH is 1. The smallest absolute Gasteiger partial charge is 0.255 e. The Bertz CT molecular complexity index is 400. The number of hydrogen-bond donors (Lipinski definition) is 3. The van der Waals surface area contributed by atoms with Crippen LogP contribution in [-0.4, -0.2) is 40.6 Å². The molecule has 0 aromatic carbocycles. The van der Waals surface area contributed by atoms with E-state index in [1.807, 2.05) is 6.92 Å². The van der Waals surface area contributed by atoms with Crippen molar-refractivity contribution in [3.63, 3.8) is 0 Å². The summed E-state index contributed by atoms with van der Waals surface area (Å²) in [7, 11) is 0. The van der Waals surface area contributed by atoms with Crippen LogP contribution < -0.4 is 11.3 Å². The van der Waals surface area contributed by atoms with Gasteiger partial charge in [-0.05, 0) is 13.0 Å². The van der Waals surface area contributed by atoms with Gasteiger partial charge in [-0.15, -0.1) is 0 Å². The monoisotopic (exact) mass is 258 g/mol. The highest BCUT2D eigenvalue weighted by atomic mass is 35.5. The van der Waals surface area contributed by atoms with Crippen molar-refractivity contribution < 1.29 is 9.90 Å². The number of rotatable bonds is 5. The molecule has 0 spiro atoms. The molecule has 0 bridgehead atoms. The van der Waals surface area contributed by atoms with Gasteiger partial charge in [-0.3, -0.25) is 4.79 Å². The molecule has 6 nitrogen and oxygen atoms in total. The van der Waals surface area contributed by atoms with Crippen LogP contribution in [0.5, 0.6) is 0 Å². The molecular weight excluding hydrogens is 244 g/mol. The van der Waals surface area contributed by atoms with Gasteiger partial charge in [0.05, 0.1) is 17.2 Å². The molecule has 0 saturated carbocycles. The van der Waals surface area contributed by atoms with Crippen LogP contribution in [0.3, 0.4) is 0 Å². The van der Waals surface area contributed by atoms with Gasteiger partial charge in [-0.2, -0.15) is 0 Å². The molecule has 0 atom stereocenters. The second-order valence-electron chi connectivity index (χ2n) is 3.31. The number of aromatic nitrogens is 1. The predicted molar refractivity (Wildman–Crippen MR) is 65.7 cm³/mol. The second kappa shape index (κ2) is 6.39. The van der Waals surface area contributed by atoms with Gasteiger partial charge in [0.1, 0.15) is 0 Å². The van der Waals surface area contributed by atoms with Crippen molar-refractivity contribution in [2.45, 2.75) is 6.92 Å². The number of nitrogens with zero attached hydrogens (tertiary/aromatic N) is 2. The maximum Gasteiger partial charge on any atom is 0.255 e. The fourth-order valence-electron chi connectivity index (χ4n) is 1.37. The first-order chi connectivity index (χ1) is 8.13. The number of hydrazine groups is 1. The van der Waals surface area contributed by atoms with E-state index >= 15 is 0 Å². The van der Waals surface area contributed by atoms with Crippen LogP contribution in [0, 0.1) is 0 Å². The Kier molecular flexibility index (Phi) is 5.14. The zero-order chi connectivity index (χ0) is 12.8. The molecule has 0 fully saturated rings. The molecule has 0 unspecified atom stereocenters. The highest BCUT2D eigenvalue weighted by Gasteiger charge is 2.15. The second-order valence-corrected chi connectivity index (χ2v) is 3.71. The largest absolute Gasteiger partial charge is 0.395 e. The van der Waals surface area contributed by atoms with Crippen LogP contribution in [0.4, 0.5) is 5.82 Å². The number of pyridine rings is 1. The van der Waals surface area contributed by atoms with E-state index in [4.69, 9.17) is 22.6 Å². The third-order valence-corrected chi connectivity index (χ3v) is 2.55. The van der Waals surface area contributed by atoms with Crippen LogP contribution >= 0.6 is 11.6 Å². The Morgan fingerprint density at radius 2 is 2.41 bits per heavy atom. The number of nitrogen functional groups attached to an aromatic ring is 1. The van der Waals surface area contributed by atoms with Crippen LogP contribution in [0.25, 0.3) is 0 Å². The van der Waals surface area contributed by atoms with E-state index in [0.717, 1.165) is 0 Å². The quantitative estimate of drug-likeness (QED) is 0.528. The molecular formula is C10H15ClN4O2. The van der Waals surface area contributed by atoms with Gasteiger partial charge in [-0.1, -0.05) is 11.6 Å². The van der Waals surface area contributed by atoms with Crippen LogP contribution in [0.2, 0.25) is 5.02 Å². The summed E-state index contributed by atoms with van der Waals surface area (Å²) in [5.41, 5.74) is 2.69. The van der Waals surface area contributed by atoms with E-state index in [1.165, 1.54) is 17.2 Å². The number of hydrogen-bond acceptors (Lipinski definition) is 5. The molecule has 0 radical (unpaired) electrons. The van der Waals surface area contributed by atoms with E-state index in [1.54, 1.807) is 0 Å². The van der Waals surface area contributed by atoms with Crippen molar-refractivity contribution in [2.75, 3.05) is 25.1 Å². The molecule has 94 valence electrons. The number of carbonyl (C=O) groups excluding carboxylic acids is 1. The van der Waals surface area contributed by atoms with E-state index in [0.29, 0.717) is 17.9 Å². The van der Waals surface area contributed by atoms with Gasteiger partial charge in [-0.25, -0.2) is 10.8 Å². The third-order valence-electron chi connectivity index (χ3n) is 2.26. The zero-order valence-electron chi connectivity index (χ0n) is 9.48. The molecule has 7 heteroatoms. The number of nitrogens with one attached hydrogen (secondary N) is 1. The Hall–Kier alpha value is -1.37. The number of aliphatic hydroxyl groups is 1. The number of likely N-dealkylation sites (N-methyl/N-ethyl adjacent to an activating group) is 1. The minimum atomic E-state index is -0.223. The molecule has 0 aliphatic carbocycles. The van der Waals surface area contributed by atoms with Crippen molar-refractivity contribution >= 4 is 23.3 Å². The van der Waals surface area contributed by atoms with Crippen LogP contribution in [0.15, 0.2) is 12.3 Å². The minimum Gasteiger partial charge on any atom is -0.395 e. The molecule has 1 heterocycles. The molecule has 1 rings (SSSR count). The summed E-state index contributed by atoms with van der Waals surface area (Å²) in [4.78, 5) is 17.4. The highest BCUT2D eigenvalue weighted by molar-refractivity contribution is 6.33. The van der Waals surface area contributed by atoms with Gasteiger partial charge in [0.15, 0.2) is 5.82 Å². The van der Waals surface area contributed by atoms with Gasteiger partial charge in [0.2, 0.25) is 0 Å². The first-order valence-corrected chi connectivity index (χ1v) is 5.54. The lowest BCUT2D eigenvalue weighted by molar-refractivity contribution is 0.0731. The van der Waals surface area contributed by atoms with Gasteiger partial charge >= 0.3 is 0 Å². The van der Waals surface area contributed by atoms with E-state index in [2.05, 4.69) is 10.4 Å². The van der Waals surface area contributed by atoms with Gasteiger partial charge < -0.3 is 15.4 Å². The van der Waals surface area contributed by atoms with Gasteiger partial charge in [0.25, 0.3) is 5.91 Å². The SMILES string of the molecule is CCN(CCO)C(=O)c1cnc(NN)c(Cl)c1. The fraction of sp³-hybridized carbons (Fsp3) is 0.400. The van der Waals surface area contributed by atoms with E-state index in [9.17, 15) is 4.79 Å². The lowest BCUT2D eigenvalue weighted by atomic mass is 10.2. The van der Waals surface area contributed by atoms with Crippen molar-refractivity contribution in [1.82, 2.24) is 9.88 Å². The average Bonchev–Trinajstić information content (AvgIpc) is 2.35. The molecule has 17 heavy (non-hydrogen) atoms. The minimum absolute atomic E-state index is 0.0802. The average molecular weight is 259 g/mol. The molecule has 0 aliphatic rings. The lowest BCUT2D eigenvalue weighted by Crippen LogP contribution is -2.33. The van der Waals surface area contributed by atoms with Crippen molar-refractivity contribution in [2.24, 2.45) is 5.84 Å². The summed E-state index contributed by atoms with van der Waals surface area (Å²) < 4.78 is 0. The Morgan fingerprint density at radius 3 is 2.88 bits per heavy atom. The summed E-state index contributed by atoms with van der Waals surface area (Å²) in [5, 5.41) is 9.11. The Labute approximate surface area is 104 Å². The number of nitrogens with two attached hydrogens (primary N) is 1. The lowest BCUT2D eigenvalue weighted by Gasteiger charge is -2.19. The summed E-state index contributed by atoms with van der Waals surface area (Å²) in [6.45, 7) is 2.54. The molecule has 0 aliphatic heterocycles. The van der Waals surface area contributed by atoms with Crippen molar-refractivity contribution in [3.8, 4) is 0 Å². The van der Waals surface area contributed by atoms with E-state index < -0.39 is 0 Å². The Morgan fingerprint density at radius 1 is 1.71 bits per heavy atom. The highest BCUT2D eigenvalue weighted by Crippen LogP contribution is 2.19. The van der Waals surface area contributed by atoms with Gasteiger partial charge in [0, 0.05) is 19.3 Å². The van der Waals surface area contributed by atoms with Crippen molar-refractivity contribution in [1.29, 1.82) is 0 Å². The maximum absolute atomic E-state index is 12.0. The Balaban J connectivity index is 2.92. The number of anilines is 1. The standard InChI is InChI=1S/C10H15ClN4O2/c1-2-15(3-4-16)10(17)7-5-8(11)9(14-12)13-6-7/h5-6,16H,2-4,12H2,1H3,(H,13,14). The number of halogens is 1. The summed E-state index contributed by atoms with van der Waals surface area (Å²) in [5.74, 6) is 5.28. The van der Waals surface area contributed by atoms with Crippen LogP contribution in [0.1, 0.15) is 17.3 Å². The number of amides is 1. The maximum atomic E-state index is 12.0. The molecule has 1 aromatic rings. The zero-order valence-corrected chi connectivity index (χ0v) is 10.2. The number of carbonyl (C=O) groups is 1. The summed E-state index contributed by atoms with van der Waals surface area (Å²) in [6, 6.07) is 1.49. The normalized spacial score (nSPS) is 10.1. The van der Waals surface area contributed by atoms with Crippen LogP contribution in [-0.2, 0) is 0 Å². The van der Waals surface area contributed by atoms with Crippen molar-refractivity contribution in [3.05, 3.63) is 22.8 Å². The summed E-state index contributed by atoms with van der Waals surface area (Å²) in [6.07, 6.45) is 1.39. The third kappa shape index (κ3) is 3.29. The predicted octanol–water partition coefficient (Wildman–Crippen LogP) is 0.475. The fourth-order valence-corrected chi connectivity index (χ4v) is 1.59. The molecule has 1 amide bonds. The summed E-state index contributed by atoms with van der Waals surface area (Å²) >= 11 is 5.87. The topological polar surface area (TPSA) is 91.5 Å². The van der Waals surface area contributed by atoms with E-state index in [-0.39, 0.29) is 24.1 Å².